The number of ketones is 1. The molecule has 0 bridgehead atoms. The molecular weight excluding hydrogens is 1500 g/mol. The summed E-state index contributed by atoms with van der Waals surface area (Å²) in [6.07, 6.45) is 4.10. The number of Topliss-reactive ketones (excluding diaryl/α,β-unsaturated/α-hetero) is 1. The van der Waals surface area contributed by atoms with Gasteiger partial charge in [-0.3, -0.25) is 14.4 Å². The predicted octanol–water partition coefficient (Wildman–Crippen LogP) is 16.7. The first kappa shape index (κ1) is 124. The van der Waals surface area contributed by atoms with Crippen LogP contribution in [0.25, 0.3) is 0 Å². The van der Waals surface area contributed by atoms with Gasteiger partial charge in [-0.25, -0.2) is 0 Å². The first-order valence-corrected chi connectivity index (χ1v) is 51.3. The van der Waals surface area contributed by atoms with E-state index in [4.69, 9.17) is 81.2 Å². The highest BCUT2D eigenvalue weighted by molar-refractivity contribution is 6.75. The molecule has 0 saturated carbocycles. The van der Waals surface area contributed by atoms with Gasteiger partial charge in [0.25, 0.3) is 0 Å². The van der Waals surface area contributed by atoms with E-state index in [2.05, 4.69) is 99.5 Å². The van der Waals surface area contributed by atoms with Crippen LogP contribution in [0.3, 0.4) is 0 Å². The van der Waals surface area contributed by atoms with Gasteiger partial charge in [0.15, 0.2) is 45.3 Å². The number of aliphatic hydroxyl groups excluding tert-OH is 2. The molecule has 0 rings (SSSR count). The number of nitrogens with two attached hydrogens (primary N) is 1. The Balaban J connectivity index is -0.000000187. The first-order valence-electron chi connectivity index (χ1n) is 41.2. The van der Waals surface area contributed by atoms with Gasteiger partial charge in [0.05, 0.1) is 81.5 Å². The molecule has 0 radical (unpaired) electrons. The van der Waals surface area contributed by atoms with Crippen molar-refractivity contribution in [2.45, 2.75) is 342 Å². The smallest absolute Gasteiger partial charge is 0.311 e. The molecular formula is C82H177NO24Si4. The lowest BCUT2D eigenvalue weighted by Crippen LogP contribution is -2.51. The summed E-state index contributed by atoms with van der Waals surface area (Å²) in [7, 11) is -6.91. The molecule has 25 nitrogen and oxygen atoms in total. The molecule has 0 aliphatic carbocycles. The molecule has 0 unspecified atom stereocenters. The van der Waals surface area contributed by atoms with Crippen LogP contribution in [0.4, 0.5) is 0 Å². The number of carbonyl (C=O) groups is 4. The zero-order chi connectivity index (χ0) is 88.4. The Labute approximate surface area is 683 Å². The van der Waals surface area contributed by atoms with Crippen LogP contribution in [0.1, 0.15) is 235 Å². The second-order valence-electron chi connectivity index (χ2n) is 31.2. The van der Waals surface area contributed by atoms with Crippen molar-refractivity contribution in [1.29, 1.82) is 0 Å². The Kier molecular flexibility index (Phi) is 78.0. The fourth-order valence-electron chi connectivity index (χ4n) is 9.88. The Morgan fingerprint density at radius 3 is 0.937 bits per heavy atom. The third-order valence-corrected chi connectivity index (χ3v) is 37.1. The number of ether oxygens (including phenoxy) is 10. The van der Waals surface area contributed by atoms with Crippen LogP contribution in [0, 0.1) is 10.8 Å². The molecule has 0 aromatic rings. The van der Waals surface area contributed by atoms with Gasteiger partial charge in [-0.1, -0.05) is 100 Å². The lowest BCUT2D eigenvalue weighted by Gasteiger charge is -2.40. The van der Waals surface area contributed by atoms with Crippen molar-refractivity contribution in [2.24, 2.45) is 16.7 Å². The molecule has 29 heteroatoms. The van der Waals surface area contributed by atoms with Crippen LogP contribution >= 0.6 is 0 Å². The molecule has 0 fully saturated rings. The zero-order valence-corrected chi connectivity index (χ0v) is 81.6. The summed E-state index contributed by atoms with van der Waals surface area (Å²) in [5.74, 6) is 4.39. The van der Waals surface area contributed by atoms with Gasteiger partial charge in [0.1, 0.15) is 48.5 Å². The van der Waals surface area contributed by atoms with E-state index in [1.807, 2.05) is 111 Å². The van der Waals surface area contributed by atoms with Crippen LogP contribution in [-0.2, 0) is 94.1 Å². The Bertz CT molecular complexity index is 2190. The summed E-state index contributed by atoms with van der Waals surface area (Å²) in [6, 6.07) is 12.9. The minimum absolute atomic E-state index is 0.0295. The van der Waals surface area contributed by atoms with E-state index in [1.54, 1.807) is 33.8 Å². The van der Waals surface area contributed by atoms with Crippen molar-refractivity contribution < 1.29 is 115 Å². The summed E-state index contributed by atoms with van der Waals surface area (Å²) in [6.45, 7) is 78.7. The van der Waals surface area contributed by atoms with Gasteiger partial charge in [-0.15, -0.1) is 0 Å². The van der Waals surface area contributed by atoms with E-state index in [-0.39, 0.29) is 64.0 Å². The van der Waals surface area contributed by atoms with Crippen LogP contribution in [-0.4, -0.2) is 243 Å². The van der Waals surface area contributed by atoms with E-state index < -0.39 is 77.7 Å². The topological polar surface area (TPSA) is 323 Å². The second kappa shape index (κ2) is 69.6. The van der Waals surface area contributed by atoms with E-state index >= 15 is 0 Å². The predicted molar refractivity (Wildman–Crippen MR) is 462 cm³/mol. The molecule has 111 heavy (non-hydrogen) atoms. The van der Waals surface area contributed by atoms with Crippen LogP contribution in [0.15, 0.2) is 24.5 Å². The van der Waals surface area contributed by atoms with Crippen molar-refractivity contribution in [2.75, 3.05) is 132 Å². The minimum atomic E-state index is -1.79. The average Bonchev–Trinajstić information content (AvgIpc) is 0.842. The first-order chi connectivity index (χ1) is 51.5. The fourth-order valence-corrected chi connectivity index (χ4v) is 22.2. The van der Waals surface area contributed by atoms with Crippen molar-refractivity contribution in [3.05, 3.63) is 24.5 Å². The lowest BCUT2D eigenvalue weighted by molar-refractivity contribution is -0.254. The lowest BCUT2D eigenvalue weighted by atomic mass is 9.97. The summed E-state index contributed by atoms with van der Waals surface area (Å²) < 4.78 is 77.6. The van der Waals surface area contributed by atoms with Crippen LogP contribution in [0.5, 0.6) is 0 Å². The highest BCUT2D eigenvalue weighted by atomic mass is 28.4. The van der Waals surface area contributed by atoms with E-state index in [1.165, 1.54) is 20.1 Å². The zero-order valence-electron chi connectivity index (χ0n) is 77.6. The normalized spacial score (nSPS) is 15.0. The van der Waals surface area contributed by atoms with Gasteiger partial charge >= 0.3 is 11.9 Å². The van der Waals surface area contributed by atoms with Crippen molar-refractivity contribution in [3.8, 4) is 0 Å². The number of carbonyl (C=O) groups excluding carboxylic acids is 4. The summed E-state index contributed by atoms with van der Waals surface area (Å²) in [4.78, 5) is 53.4. The van der Waals surface area contributed by atoms with Gasteiger partial charge < -0.3 is 95.2 Å². The second-order valence-corrected chi connectivity index (χ2v) is 50.0. The van der Waals surface area contributed by atoms with Crippen molar-refractivity contribution in [1.82, 2.24) is 0 Å². The molecule has 0 saturated heterocycles. The molecule has 0 aromatic carbocycles. The molecule has 0 heterocycles. The Hall–Kier alpha value is -2.29. The van der Waals surface area contributed by atoms with Crippen molar-refractivity contribution in [3.63, 3.8) is 0 Å². The molecule has 6 N–H and O–H groups in total. The number of esters is 2. The fraction of sp³-hybridized carbons (Fsp3) is 0.902. The number of aldehydes is 1. The quantitative estimate of drug-likeness (QED) is 0.00718. The molecule has 0 aliphatic rings. The molecule has 670 valence electrons. The van der Waals surface area contributed by atoms with E-state index in [0.29, 0.717) is 79.3 Å². The standard InChI is InChI=1S/C17H36O4Si.C13H29NO4Si.C12H28O3Si.C12H26O3Si.C11H22O4.C6H14O3.C6H12O.C5H10O2/c1-9-19-13-17(8,14-20-15(18)16(5,6)7)21-22(10-2,11-3)12-4;1-6-15-12-13(5,10-11-16-18-14)17-19(7-2,8-3)9-4;2*1-6-14-11-12(5,10-13)15-16(7-2,8-3)9-4;1-6-14-7-11(5,13)8-15-9(12)10(2,3)4;1-3-9-5-6(2,8)4-7;1-4-7-5-6(2)3;1-3-7-4-5(2)6/h9-14H2,1-8H3;10-11H,6-9,12,14H2,1-5H3;13H,6-11H2,1-5H3;10H,6-9,11H2,1-5H3;13H,6-8H2,1-5H3;7-8H,3-5H2,1-2H3;2,4-5H2,1,3H3;3-4H2,1-2H3/b;11-10+;;;;;;/t17-;13-;2*12-;11-;6-;;/m011101../s1. The van der Waals surface area contributed by atoms with Crippen LogP contribution in [0.2, 0.25) is 72.5 Å². The molecule has 0 aromatic heterocycles. The molecule has 0 spiro atoms. The molecule has 6 atom stereocenters. The number of aliphatic hydroxyl groups is 4. The van der Waals surface area contributed by atoms with E-state index in [9.17, 15) is 29.4 Å². The Morgan fingerprint density at radius 1 is 0.369 bits per heavy atom. The van der Waals surface area contributed by atoms with Crippen molar-refractivity contribution >= 4 is 57.3 Å². The molecule has 0 aliphatic heterocycles. The average molecular weight is 1670 g/mol. The van der Waals surface area contributed by atoms with Gasteiger partial charge in [-0.05, 0) is 231 Å². The summed E-state index contributed by atoms with van der Waals surface area (Å²) in [5, 5.41) is 36.8. The highest BCUT2D eigenvalue weighted by Crippen LogP contribution is 2.33. The SMILES string of the molecule is C=C(C)COCC.CCOCC(C)=O.CCOC[C@@](C)(/C=C/OON)O[Si](CC)(CC)CC.CCOC[C@@](C)(C=O)O[Si](CC)(CC)CC.CCOC[C@@](C)(CO)O[Si](CC)(CC)CC.CCOC[C@@](C)(COC(=O)C(C)(C)C)O[Si](CC)(CC)CC.CCOC[C@](C)(O)CO.CCOC[C@](C)(O)COC(=O)C(C)(C)C. The summed E-state index contributed by atoms with van der Waals surface area (Å²) >= 11 is 0. The maximum Gasteiger partial charge on any atom is 0.311 e. The Morgan fingerprint density at radius 2 is 0.658 bits per heavy atom. The number of hydrogen-bond donors (Lipinski definition) is 5. The van der Waals surface area contributed by atoms with Crippen LogP contribution < -0.4 is 5.90 Å². The monoisotopic (exact) mass is 1670 g/mol. The van der Waals surface area contributed by atoms with Gasteiger partial charge in [0, 0.05) is 52.9 Å². The minimum Gasteiger partial charge on any atom is -0.462 e. The largest absolute Gasteiger partial charge is 0.462 e. The highest BCUT2D eigenvalue weighted by Gasteiger charge is 2.42. The van der Waals surface area contributed by atoms with E-state index in [0.717, 1.165) is 91.0 Å². The maximum absolute atomic E-state index is 12.1. The maximum atomic E-state index is 12.1. The number of hydrogen-bond acceptors (Lipinski definition) is 25. The van der Waals surface area contributed by atoms with Gasteiger partial charge in [-0.2, -0.15) is 5.90 Å². The summed E-state index contributed by atoms with van der Waals surface area (Å²) in [5.41, 5.74) is -4.50. The third-order valence-electron chi connectivity index (χ3n) is 18.0. The number of rotatable bonds is 54. The third kappa shape index (κ3) is 66.3. The van der Waals surface area contributed by atoms with Gasteiger partial charge in [0.2, 0.25) is 0 Å². The molecule has 0 amide bonds.